The summed E-state index contributed by atoms with van der Waals surface area (Å²) < 4.78 is 27.1. The zero-order valence-electron chi connectivity index (χ0n) is 11.2. The predicted octanol–water partition coefficient (Wildman–Crippen LogP) is 1.64. The molecule has 0 bridgehead atoms. The van der Waals surface area contributed by atoms with E-state index in [9.17, 15) is 8.42 Å². The van der Waals surface area contributed by atoms with Gasteiger partial charge in [-0.2, -0.15) is 0 Å². The third-order valence-corrected chi connectivity index (χ3v) is 5.53. The van der Waals surface area contributed by atoms with Gasteiger partial charge in [-0.05, 0) is 29.5 Å². The highest BCUT2D eigenvalue weighted by atomic mass is 32.2. The highest BCUT2D eigenvalue weighted by Crippen LogP contribution is 2.21. The lowest BCUT2D eigenvalue weighted by Crippen LogP contribution is -2.25. The van der Waals surface area contributed by atoms with Crippen LogP contribution >= 0.6 is 11.3 Å². The van der Waals surface area contributed by atoms with Gasteiger partial charge in [-0.3, -0.25) is 4.98 Å². The number of hydrogen-bond acceptors (Lipinski definition) is 5. The molecule has 0 fully saturated rings. The number of thiophene rings is 1. The maximum Gasteiger partial charge on any atom is 0.242 e. The molecule has 2 rings (SSSR count). The lowest BCUT2D eigenvalue weighted by atomic mass is 10.1. The number of nitrogens with zero attached hydrogens (tertiary/aromatic N) is 1. The van der Waals surface area contributed by atoms with Gasteiger partial charge in [0, 0.05) is 17.6 Å². The Morgan fingerprint density at radius 1 is 1.40 bits per heavy atom. The number of sulfonamides is 1. The first-order chi connectivity index (χ1) is 9.58. The molecule has 2 aromatic rings. The summed E-state index contributed by atoms with van der Waals surface area (Å²) in [7, 11) is -3.54. The van der Waals surface area contributed by atoms with E-state index in [2.05, 4.69) is 9.71 Å². The van der Waals surface area contributed by atoms with E-state index in [1.165, 1.54) is 11.3 Å². The van der Waals surface area contributed by atoms with Gasteiger partial charge in [-0.15, -0.1) is 11.3 Å². The molecule has 0 aliphatic heterocycles. The van der Waals surface area contributed by atoms with E-state index < -0.39 is 10.0 Å². The standard InChI is InChI=1S/C13H17N3O2S2/c1-2-10-4-3-6-15-11(10)9-16-20(17,18)13-5-7-19-12(13)8-14/h3-7,16H,2,8-9,14H2,1H3. The molecule has 0 aromatic carbocycles. The second-order valence-corrected chi connectivity index (χ2v) is 6.94. The van der Waals surface area contributed by atoms with Crippen molar-refractivity contribution in [3.05, 3.63) is 45.9 Å². The third kappa shape index (κ3) is 3.24. The number of aryl methyl sites for hydroxylation is 1. The SMILES string of the molecule is CCc1cccnc1CNS(=O)(=O)c1ccsc1CN. The van der Waals surface area contributed by atoms with Crippen molar-refractivity contribution < 1.29 is 8.42 Å². The summed E-state index contributed by atoms with van der Waals surface area (Å²) >= 11 is 1.35. The molecule has 7 heteroatoms. The van der Waals surface area contributed by atoms with Crippen LogP contribution in [0.5, 0.6) is 0 Å². The van der Waals surface area contributed by atoms with E-state index >= 15 is 0 Å². The van der Waals surface area contributed by atoms with Gasteiger partial charge in [0.1, 0.15) is 0 Å². The van der Waals surface area contributed by atoms with Crippen LogP contribution in [0, 0.1) is 0 Å². The molecular formula is C13H17N3O2S2. The molecule has 0 atom stereocenters. The molecule has 0 aliphatic carbocycles. The average molecular weight is 311 g/mol. The fraction of sp³-hybridized carbons (Fsp3) is 0.308. The van der Waals surface area contributed by atoms with Gasteiger partial charge >= 0.3 is 0 Å². The minimum absolute atomic E-state index is 0.187. The Hall–Kier alpha value is -1.28. The number of pyridine rings is 1. The van der Waals surface area contributed by atoms with Crippen LogP contribution in [-0.4, -0.2) is 13.4 Å². The smallest absolute Gasteiger partial charge is 0.242 e. The Kier molecular flexibility index (Phi) is 4.87. The van der Waals surface area contributed by atoms with Gasteiger partial charge in [0.2, 0.25) is 10.0 Å². The van der Waals surface area contributed by atoms with Crippen molar-refractivity contribution in [2.45, 2.75) is 31.3 Å². The molecule has 0 radical (unpaired) electrons. The first-order valence-corrected chi connectivity index (χ1v) is 8.63. The molecule has 0 saturated heterocycles. The van der Waals surface area contributed by atoms with Crippen LogP contribution < -0.4 is 10.5 Å². The lowest BCUT2D eigenvalue weighted by Gasteiger charge is -2.09. The summed E-state index contributed by atoms with van der Waals surface area (Å²) in [5.41, 5.74) is 7.34. The summed E-state index contributed by atoms with van der Waals surface area (Å²) in [6, 6.07) is 5.38. The molecule has 0 unspecified atom stereocenters. The van der Waals surface area contributed by atoms with Gasteiger partial charge in [0.15, 0.2) is 0 Å². The van der Waals surface area contributed by atoms with E-state index in [1.807, 2.05) is 19.1 Å². The Balaban J connectivity index is 2.18. The molecule has 0 spiro atoms. The van der Waals surface area contributed by atoms with Crippen molar-refractivity contribution in [1.29, 1.82) is 0 Å². The topological polar surface area (TPSA) is 85.1 Å². The van der Waals surface area contributed by atoms with Gasteiger partial charge in [-0.25, -0.2) is 13.1 Å². The molecule has 108 valence electrons. The van der Waals surface area contributed by atoms with E-state index in [-0.39, 0.29) is 18.0 Å². The number of aromatic nitrogens is 1. The maximum atomic E-state index is 12.3. The molecular weight excluding hydrogens is 294 g/mol. The van der Waals surface area contributed by atoms with E-state index in [0.29, 0.717) is 4.88 Å². The van der Waals surface area contributed by atoms with Crippen molar-refractivity contribution >= 4 is 21.4 Å². The van der Waals surface area contributed by atoms with Crippen molar-refractivity contribution in [2.24, 2.45) is 5.73 Å². The maximum absolute atomic E-state index is 12.3. The number of nitrogens with one attached hydrogen (secondary N) is 1. The second-order valence-electron chi connectivity index (χ2n) is 4.20. The molecule has 0 saturated carbocycles. The van der Waals surface area contributed by atoms with Gasteiger partial charge in [0.05, 0.1) is 17.1 Å². The zero-order valence-corrected chi connectivity index (χ0v) is 12.8. The Morgan fingerprint density at radius 3 is 2.90 bits per heavy atom. The van der Waals surface area contributed by atoms with Crippen LogP contribution in [-0.2, 0) is 29.5 Å². The average Bonchev–Trinajstić information content (AvgIpc) is 2.95. The molecule has 2 aromatic heterocycles. The van der Waals surface area contributed by atoms with Gasteiger partial charge in [-0.1, -0.05) is 13.0 Å². The van der Waals surface area contributed by atoms with Crippen molar-refractivity contribution in [3.63, 3.8) is 0 Å². The van der Waals surface area contributed by atoms with E-state index in [1.54, 1.807) is 17.6 Å². The van der Waals surface area contributed by atoms with E-state index in [0.717, 1.165) is 17.7 Å². The predicted molar refractivity (Wildman–Crippen MR) is 79.9 cm³/mol. The van der Waals surface area contributed by atoms with Crippen molar-refractivity contribution in [2.75, 3.05) is 0 Å². The summed E-state index contributed by atoms with van der Waals surface area (Å²) in [4.78, 5) is 5.15. The molecule has 0 amide bonds. The first-order valence-electron chi connectivity index (χ1n) is 6.27. The summed E-state index contributed by atoms with van der Waals surface area (Å²) in [5.74, 6) is 0. The normalized spacial score (nSPS) is 11.7. The Morgan fingerprint density at radius 2 is 2.20 bits per heavy atom. The fourth-order valence-corrected chi connectivity index (χ4v) is 4.23. The summed E-state index contributed by atoms with van der Waals surface area (Å²) in [6.07, 6.45) is 2.48. The summed E-state index contributed by atoms with van der Waals surface area (Å²) in [5, 5.41) is 1.73. The number of nitrogens with two attached hydrogens (primary N) is 1. The number of hydrogen-bond donors (Lipinski definition) is 2. The number of rotatable bonds is 6. The highest BCUT2D eigenvalue weighted by Gasteiger charge is 2.19. The Labute approximate surface area is 122 Å². The first kappa shape index (κ1) is 15.1. The minimum Gasteiger partial charge on any atom is -0.326 e. The van der Waals surface area contributed by atoms with Gasteiger partial charge < -0.3 is 5.73 Å². The van der Waals surface area contributed by atoms with Crippen molar-refractivity contribution in [3.8, 4) is 0 Å². The fourth-order valence-electron chi connectivity index (χ4n) is 1.91. The molecule has 20 heavy (non-hydrogen) atoms. The van der Waals surface area contributed by atoms with Gasteiger partial charge in [0.25, 0.3) is 0 Å². The van der Waals surface area contributed by atoms with Crippen LogP contribution in [0.2, 0.25) is 0 Å². The molecule has 2 heterocycles. The van der Waals surface area contributed by atoms with E-state index in [4.69, 9.17) is 5.73 Å². The molecule has 0 aliphatic rings. The monoisotopic (exact) mass is 311 g/mol. The quantitative estimate of drug-likeness (QED) is 0.849. The molecule has 5 nitrogen and oxygen atoms in total. The van der Waals surface area contributed by atoms with Crippen LogP contribution in [0.3, 0.4) is 0 Å². The van der Waals surface area contributed by atoms with Crippen LogP contribution in [0.25, 0.3) is 0 Å². The Bertz CT molecular complexity index is 680. The largest absolute Gasteiger partial charge is 0.326 e. The summed E-state index contributed by atoms with van der Waals surface area (Å²) in [6.45, 7) is 2.42. The molecule has 3 N–H and O–H groups in total. The second kappa shape index (κ2) is 6.45. The zero-order chi connectivity index (χ0) is 14.6. The highest BCUT2D eigenvalue weighted by molar-refractivity contribution is 7.89. The minimum atomic E-state index is -3.54. The van der Waals surface area contributed by atoms with Crippen LogP contribution in [0.4, 0.5) is 0 Å². The van der Waals surface area contributed by atoms with Crippen LogP contribution in [0.15, 0.2) is 34.7 Å². The van der Waals surface area contributed by atoms with Crippen LogP contribution in [0.1, 0.15) is 23.1 Å². The van der Waals surface area contributed by atoms with Crippen molar-refractivity contribution in [1.82, 2.24) is 9.71 Å². The lowest BCUT2D eigenvalue weighted by molar-refractivity contribution is 0.579. The third-order valence-electron chi connectivity index (χ3n) is 2.97.